The van der Waals surface area contributed by atoms with Gasteiger partial charge >= 0.3 is 0 Å². The minimum Gasteiger partial charge on any atom is -0.384 e. The minimum atomic E-state index is 0.204. The van der Waals surface area contributed by atoms with Crippen molar-refractivity contribution in [3.63, 3.8) is 0 Å². The molecule has 1 aliphatic rings. The summed E-state index contributed by atoms with van der Waals surface area (Å²) in [4.78, 5) is 12.2. The number of carbonyl (C=O) groups excluding carboxylic acids is 1. The molecule has 0 amide bonds. The van der Waals surface area contributed by atoms with E-state index in [-0.39, 0.29) is 11.7 Å². The minimum absolute atomic E-state index is 0.204. The van der Waals surface area contributed by atoms with Gasteiger partial charge in [-0.25, -0.2) is 0 Å². The van der Waals surface area contributed by atoms with Crippen molar-refractivity contribution in [1.29, 1.82) is 0 Å². The van der Waals surface area contributed by atoms with E-state index in [1.54, 1.807) is 6.08 Å². The summed E-state index contributed by atoms with van der Waals surface area (Å²) in [6.07, 6.45) is 3.26. The Balaban J connectivity index is 1.45. The fourth-order valence-electron chi connectivity index (χ4n) is 3.68. The molecule has 1 atom stereocenters. The lowest BCUT2D eigenvalue weighted by molar-refractivity contribution is -0.115. The lowest BCUT2D eigenvalue weighted by Gasteiger charge is -2.23. The highest BCUT2D eigenvalue weighted by molar-refractivity contribution is 5.92. The van der Waals surface area contributed by atoms with E-state index in [0.29, 0.717) is 6.42 Å². The van der Waals surface area contributed by atoms with Crippen molar-refractivity contribution >= 4 is 5.78 Å². The van der Waals surface area contributed by atoms with Crippen molar-refractivity contribution in [1.82, 2.24) is 5.32 Å². The van der Waals surface area contributed by atoms with Crippen LogP contribution in [0.1, 0.15) is 29.9 Å². The predicted molar refractivity (Wildman–Crippen MR) is 110 cm³/mol. The summed E-state index contributed by atoms with van der Waals surface area (Å²) in [5, 5.41) is 3.49. The van der Waals surface area contributed by atoms with E-state index in [1.807, 2.05) is 24.3 Å². The number of benzene rings is 3. The molecule has 27 heavy (non-hydrogen) atoms. The molecule has 0 bridgehead atoms. The smallest absolute Gasteiger partial charge is 0.158 e. The van der Waals surface area contributed by atoms with Gasteiger partial charge in [0.2, 0.25) is 0 Å². The second kappa shape index (κ2) is 8.05. The molecular weight excluding hydrogens is 330 g/mol. The van der Waals surface area contributed by atoms with Gasteiger partial charge in [0.15, 0.2) is 5.78 Å². The Bertz CT molecular complexity index is 944. The number of rotatable bonds is 5. The average molecular weight is 353 g/mol. The summed E-state index contributed by atoms with van der Waals surface area (Å²) in [7, 11) is 0. The highest BCUT2D eigenvalue weighted by Gasteiger charge is 2.21. The van der Waals surface area contributed by atoms with Gasteiger partial charge in [-0.05, 0) is 40.7 Å². The highest BCUT2D eigenvalue weighted by atomic mass is 16.1. The molecule has 0 aliphatic heterocycles. The summed E-state index contributed by atoms with van der Waals surface area (Å²) in [5.74, 6) is 0.470. The van der Waals surface area contributed by atoms with E-state index in [2.05, 4.69) is 66.0 Å². The lowest BCUT2D eigenvalue weighted by atomic mass is 9.85. The zero-order valence-electron chi connectivity index (χ0n) is 15.3. The van der Waals surface area contributed by atoms with Gasteiger partial charge in [0.1, 0.15) is 0 Å². The van der Waals surface area contributed by atoms with Crippen LogP contribution in [0.5, 0.6) is 0 Å². The monoisotopic (exact) mass is 353 g/mol. The van der Waals surface area contributed by atoms with Crippen molar-refractivity contribution in [2.24, 2.45) is 0 Å². The van der Waals surface area contributed by atoms with Crippen LogP contribution < -0.4 is 5.32 Å². The molecule has 134 valence electrons. The number of hydrogen-bond acceptors (Lipinski definition) is 2. The molecule has 1 aliphatic carbocycles. The molecule has 1 N–H and O–H groups in total. The van der Waals surface area contributed by atoms with Gasteiger partial charge in [0, 0.05) is 24.7 Å². The molecule has 0 heterocycles. The van der Waals surface area contributed by atoms with E-state index in [0.717, 1.165) is 18.7 Å². The van der Waals surface area contributed by atoms with Gasteiger partial charge in [-0.3, -0.25) is 4.79 Å². The largest absolute Gasteiger partial charge is 0.384 e. The third-order valence-electron chi connectivity index (χ3n) is 5.07. The molecule has 2 heteroatoms. The number of carbonyl (C=O) groups is 1. The normalized spacial score (nSPS) is 16.7. The first-order valence-electron chi connectivity index (χ1n) is 9.44. The molecule has 2 nitrogen and oxygen atoms in total. The van der Waals surface area contributed by atoms with Gasteiger partial charge < -0.3 is 5.32 Å². The summed E-state index contributed by atoms with van der Waals surface area (Å²) in [5.41, 5.74) is 5.92. The number of allylic oxidation sites excluding steroid dienone is 2. The molecule has 0 saturated carbocycles. The fraction of sp³-hybridized carbons (Fsp3) is 0.160. The Morgan fingerprint density at radius 3 is 2.26 bits per heavy atom. The van der Waals surface area contributed by atoms with Crippen molar-refractivity contribution in [2.75, 3.05) is 0 Å². The molecule has 0 fully saturated rings. The van der Waals surface area contributed by atoms with Gasteiger partial charge in [-0.15, -0.1) is 0 Å². The molecule has 0 radical (unpaired) electrons. The zero-order valence-corrected chi connectivity index (χ0v) is 15.3. The summed E-state index contributed by atoms with van der Waals surface area (Å²) < 4.78 is 0. The molecule has 3 aromatic carbocycles. The predicted octanol–water partition coefficient (Wildman–Crippen LogP) is 5.47. The van der Waals surface area contributed by atoms with Crippen LogP contribution in [0.3, 0.4) is 0 Å². The number of nitrogens with one attached hydrogen (secondary N) is 1. The molecule has 0 aromatic heterocycles. The van der Waals surface area contributed by atoms with Crippen LogP contribution in [0.4, 0.5) is 0 Å². The molecule has 0 spiro atoms. The summed E-state index contributed by atoms with van der Waals surface area (Å²) >= 11 is 0. The maximum Gasteiger partial charge on any atom is 0.158 e. The maximum atomic E-state index is 12.2. The Morgan fingerprint density at radius 2 is 1.48 bits per heavy atom. The Morgan fingerprint density at radius 1 is 0.778 bits per heavy atom. The second-order valence-corrected chi connectivity index (χ2v) is 7.07. The van der Waals surface area contributed by atoms with E-state index in [4.69, 9.17) is 0 Å². The second-order valence-electron chi connectivity index (χ2n) is 7.07. The first-order chi connectivity index (χ1) is 13.3. The number of ketones is 1. The average Bonchev–Trinajstić information content (AvgIpc) is 2.73. The van der Waals surface area contributed by atoms with Crippen LogP contribution in [-0.2, 0) is 11.3 Å². The third kappa shape index (κ3) is 4.35. The molecule has 4 rings (SSSR count). The van der Waals surface area contributed by atoms with Crippen molar-refractivity contribution in [3.05, 3.63) is 108 Å². The number of hydrogen-bond donors (Lipinski definition) is 1. The van der Waals surface area contributed by atoms with E-state index in [9.17, 15) is 4.79 Å². The topological polar surface area (TPSA) is 29.1 Å². The van der Waals surface area contributed by atoms with Gasteiger partial charge in [0.05, 0.1) is 0 Å². The molecule has 1 unspecified atom stereocenters. The lowest BCUT2D eigenvalue weighted by Crippen LogP contribution is -2.21. The van der Waals surface area contributed by atoms with E-state index in [1.165, 1.54) is 22.3 Å². The van der Waals surface area contributed by atoms with Gasteiger partial charge in [-0.1, -0.05) is 78.9 Å². The summed E-state index contributed by atoms with van der Waals surface area (Å²) in [6.45, 7) is 0.724. The molecule has 3 aromatic rings. The maximum absolute atomic E-state index is 12.2. The Hall–Kier alpha value is -3.13. The van der Waals surface area contributed by atoms with Crippen LogP contribution in [0.15, 0.2) is 96.7 Å². The van der Waals surface area contributed by atoms with Crippen LogP contribution >= 0.6 is 0 Å². The van der Waals surface area contributed by atoms with Crippen LogP contribution in [0.2, 0.25) is 0 Å². The van der Waals surface area contributed by atoms with E-state index >= 15 is 0 Å². The Labute approximate surface area is 160 Å². The standard InChI is InChI=1S/C25H23NO/c27-25-16-23(21-11-5-2-6-12-21)15-24(17-25)26-18-19-8-7-13-22(14-19)20-9-3-1-4-10-20/h1-14,17,23,26H,15-16,18H2. The molecule has 0 saturated heterocycles. The van der Waals surface area contributed by atoms with Crippen LogP contribution in [0, 0.1) is 0 Å². The quantitative estimate of drug-likeness (QED) is 0.658. The fourth-order valence-corrected chi connectivity index (χ4v) is 3.68. The zero-order chi connectivity index (χ0) is 18.5. The van der Waals surface area contributed by atoms with Crippen LogP contribution in [0.25, 0.3) is 11.1 Å². The van der Waals surface area contributed by atoms with Crippen molar-refractivity contribution in [2.45, 2.75) is 25.3 Å². The SMILES string of the molecule is O=C1C=C(NCc2cccc(-c3ccccc3)c2)CC(c2ccccc2)C1. The first-order valence-corrected chi connectivity index (χ1v) is 9.44. The van der Waals surface area contributed by atoms with Crippen molar-refractivity contribution in [3.8, 4) is 11.1 Å². The van der Waals surface area contributed by atoms with Gasteiger partial charge in [0.25, 0.3) is 0 Å². The van der Waals surface area contributed by atoms with Gasteiger partial charge in [-0.2, -0.15) is 0 Å². The highest BCUT2D eigenvalue weighted by Crippen LogP contribution is 2.30. The first kappa shape index (κ1) is 17.3. The Kier molecular flexibility index (Phi) is 5.15. The van der Waals surface area contributed by atoms with Crippen molar-refractivity contribution < 1.29 is 4.79 Å². The van der Waals surface area contributed by atoms with E-state index < -0.39 is 0 Å². The van der Waals surface area contributed by atoms with Crippen LogP contribution in [-0.4, -0.2) is 5.78 Å². The summed E-state index contributed by atoms with van der Waals surface area (Å²) in [6, 6.07) is 29.3. The molecular formula is C25H23NO. The third-order valence-corrected chi connectivity index (χ3v) is 5.07.